The summed E-state index contributed by atoms with van der Waals surface area (Å²) in [6, 6.07) is 10.1. The molecule has 0 saturated heterocycles. The van der Waals surface area contributed by atoms with Crippen LogP contribution in [0, 0.1) is 0 Å². The van der Waals surface area contributed by atoms with Crippen molar-refractivity contribution in [2.45, 2.75) is 70.5 Å². The van der Waals surface area contributed by atoms with E-state index < -0.39 is 11.9 Å². The van der Waals surface area contributed by atoms with E-state index in [1.54, 1.807) is 0 Å². The summed E-state index contributed by atoms with van der Waals surface area (Å²) >= 11 is 0. The Hall–Kier alpha value is -2.71. The molecule has 2 rings (SSSR count). The first kappa shape index (κ1) is 27.3. The van der Waals surface area contributed by atoms with Crippen molar-refractivity contribution < 1.29 is 24.6 Å². The summed E-state index contributed by atoms with van der Waals surface area (Å²) in [5.74, 6) is -2.41. The van der Waals surface area contributed by atoms with Crippen molar-refractivity contribution in [3.05, 3.63) is 48.0 Å². The number of nitrogens with one attached hydrogen (secondary N) is 3. The molecule has 1 aromatic rings. The van der Waals surface area contributed by atoms with Gasteiger partial charge in [-0.15, -0.1) is 0 Å². The predicted molar refractivity (Wildman–Crippen MR) is 124 cm³/mol. The van der Waals surface area contributed by atoms with Gasteiger partial charge in [-0.3, -0.25) is 4.79 Å². The molecule has 5 N–H and O–H groups in total. The third-order valence-corrected chi connectivity index (χ3v) is 4.84. The molecule has 32 heavy (non-hydrogen) atoms. The van der Waals surface area contributed by atoms with Crippen molar-refractivity contribution in [2.24, 2.45) is 0 Å². The topological polar surface area (TPSA) is 128 Å². The minimum Gasteiger partial charge on any atom is -0.478 e. The lowest BCUT2D eigenvalue weighted by atomic mass is 9.95. The second-order valence-electron chi connectivity index (χ2n) is 8.83. The van der Waals surface area contributed by atoms with E-state index in [2.05, 4.69) is 36.7 Å². The predicted octanol–water partition coefficient (Wildman–Crippen LogP) is 2.87. The molecule has 8 heteroatoms. The fourth-order valence-corrected chi connectivity index (χ4v) is 3.34. The van der Waals surface area contributed by atoms with Crippen LogP contribution in [0.4, 0.5) is 0 Å². The number of amides is 1. The summed E-state index contributed by atoms with van der Waals surface area (Å²) in [6.07, 6.45) is 7.08. The lowest BCUT2D eigenvalue weighted by Gasteiger charge is -2.27. The molecule has 0 aliphatic heterocycles. The molecular formula is C24H37N3O5. The van der Waals surface area contributed by atoms with Gasteiger partial charge in [-0.05, 0) is 39.2 Å². The minimum atomic E-state index is -1.26. The van der Waals surface area contributed by atoms with Crippen molar-refractivity contribution in [3.8, 4) is 0 Å². The van der Waals surface area contributed by atoms with E-state index >= 15 is 0 Å². The molecule has 1 aromatic carbocycles. The molecule has 0 spiro atoms. The Balaban J connectivity index is 0.000000547. The molecule has 0 aromatic heterocycles. The zero-order valence-electron chi connectivity index (χ0n) is 19.3. The average molecular weight is 448 g/mol. The highest BCUT2D eigenvalue weighted by atomic mass is 16.4. The molecule has 8 nitrogen and oxygen atoms in total. The zero-order chi connectivity index (χ0) is 24.0. The van der Waals surface area contributed by atoms with Gasteiger partial charge in [0.2, 0.25) is 5.91 Å². The highest BCUT2D eigenvalue weighted by Crippen LogP contribution is 2.19. The highest BCUT2D eigenvalue weighted by molar-refractivity contribution is 5.89. The van der Waals surface area contributed by atoms with Crippen molar-refractivity contribution >= 4 is 17.8 Å². The average Bonchev–Trinajstić information content (AvgIpc) is 2.73. The Bertz CT molecular complexity index is 722. The standard InChI is InChI=1S/C20H33N3O.C4H4O4/c1-20(2,3)22-15-14-21-18(16-10-6-4-7-11-16)19(24)23-17-12-8-5-9-13-17;5-3(6)1-2-4(7)8/h4,6-7,10-11,17-18,21-22H,5,8-9,12-15H2,1-3H3,(H,23,24);1-2H,(H,5,6)(H,7,8)/b;2-1-. The molecule has 1 aliphatic rings. The fourth-order valence-electron chi connectivity index (χ4n) is 3.34. The van der Waals surface area contributed by atoms with Crippen LogP contribution in [0.25, 0.3) is 0 Å². The van der Waals surface area contributed by atoms with E-state index in [0.717, 1.165) is 31.5 Å². The Labute approximate surface area is 190 Å². The number of hydrogen-bond donors (Lipinski definition) is 5. The van der Waals surface area contributed by atoms with E-state index in [1.807, 2.05) is 30.3 Å². The molecule has 1 amide bonds. The number of carboxylic acid groups (broad SMARTS) is 2. The van der Waals surface area contributed by atoms with Crippen LogP contribution >= 0.6 is 0 Å². The van der Waals surface area contributed by atoms with E-state index in [-0.39, 0.29) is 17.5 Å². The number of aliphatic carboxylic acids is 2. The molecule has 1 unspecified atom stereocenters. The largest absolute Gasteiger partial charge is 0.478 e. The first-order valence-electron chi connectivity index (χ1n) is 11.1. The van der Waals surface area contributed by atoms with Gasteiger partial charge in [0, 0.05) is 36.8 Å². The van der Waals surface area contributed by atoms with Crippen molar-refractivity contribution in [2.75, 3.05) is 13.1 Å². The Morgan fingerprint density at radius 1 is 0.969 bits per heavy atom. The quantitative estimate of drug-likeness (QED) is 0.291. The zero-order valence-corrected chi connectivity index (χ0v) is 19.3. The number of benzene rings is 1. The van der Waals surface area contributed by atoms with Crippen LogP contribution in [0.2, 0.25) is 0 Å². The third kappa shape index (κ3) is 12.9. The molecule has 1 aliphatic carbocycles. The summed E-state index contributed by atoms with van der Waals surface area (Å²) in [5, 5.41) is 25.8. The molecule has 178 valence electrons. The number of rotatable bonds is 9. The van der Waals surface area contributed by atoms with Crippen LogP contribution in [0.15, 0.2) is 42.5 Å². The molecule has 0 radical (unpaired) electrons. The first-order valence-corrected chi connectivity index (χ1v) is 11.1. The lowest BCUT2D eigenvalue weighted by Crippen LogP contribution is -2.46. The summed E-state index contributed by atoms with van der Waals surface area (Å²) in [6.45, 7) is 8.05. The number of carbonyl (C=O) groups is 3. The molecule has 0 bridgehead atoms. The minimum absolute atomic E-state index is 0.0915. The van der Waals surface area contributed by atoms with Crippen LogP contribution in [-0.4, -0.2) is 52.7 Å². The van der Waals surface area contributed by atoms with Crippen molar-refractivity contribution in [1.29, 1.82) is 0 Å². The van der Waals surface area contributed by atoms with Gasteiger partial charge in [-0.25, -0.2) is 9.59 Å². The first-order chi connectivity index (χ1) is 15.1. The van der Waals surface area contributed by atoms with Gasteiger partial charge in [0.15, 0.2) is 0 Å². The second-order valence-corrected chi connectivity index (χ2v) is 8.83. The summed E-state index contributed by atoms with van der Waals surface area (Å²) in [5.41, 5.74) is 1.12. The Kier molecular flexibility index (Phi) is 12.3. The van der Waals surface area contributed by atoms with Crippen LogP contribution in [0.3, 0.4) is 0 Å². The van der Waals surface area contributed by atoms with Gasteiger partial charge in [0.05, 0.1) is 0 Å². The maximum Gasteiger partial charge on any atom is 0.328 e. The monoisotopic (exact) mass is 447 g/mol. The van der Waals surface area contributed by atoms with Gasteiger partial charge in [0.25, 0.3) is 0 Å². The number of hydrogen-bond acceptors (Lipinski definition) is 5. The number of carboxylic acids is 2. The molecule has 0 heterocycles. The molecule has 1 atom stereocenters. The molecule has 1 saturated carbocycles. The SMILES string of the molecule is CC(C)(C)NCCNC(C(=O)NC1CCCCC1)c1ccccc1.O=C(O)/C=C\C(=O)O. The maximum absolute atomic E-state index is 12.8. The van der Waals surface area contributed by atoms with Crippen LogP contribution in [0.1, 0.15) is 64.5 Å². The number of carbonyl (C=O) groups excluding carboxylic acids is 1. The molecular weight excluding hydrogens is 410 g/mol. The van der Waals surface area contributed by atoms with E-state index in [4.69, 9.17) is 10.2 Å². The van der Waals surface area contributed by atoms with Gasteiger partial charge < -0.3 is 26.2 Å². The summed E-state index contributed by atoms with van der Waals surface area (Å²) < 4.78 is 0. The van der Waals surface area contributed by atoms with Gasteiger partial charge in [-0.1, -0.05) is 49.6 Å². The van der Waals surface area contributed by atoms with Gasteiger partial charge in [0.1, 0.15) is 6.04 Å². The lowest BCUT2D eigenvalue weighted by molar-refractivity contribution is -0.134. The van der Waals surface area contributed by atoms with Crippen LogP contribution in [0.5, 0.6) is 0 Å². The smallest absolute Gasteiger partial charge is 0.328 e. The summed E-state index contributed by atoms with van der Waals surface area (Å²) in [4.78, 5) is 31.9. The Morgan fingerprint density at radius 2 is 1.53 bits per heavy atom. The van der Waals surface area contributed by atoms with E-state index in [0.29, 0.717) is 18.2 Å². The fraction of sp³-hybridized carbons (Fsp3) is 0.542. The van der Waals surface area contributed by atoms with E-state index in [1.165, 1.54) is 19.3 Å². The normalized spacial score (nSPS) is 15.5. The second kappa shape index (κ2) is 14.4. The van der Waals surface area contributed by atoms with Crippen molar-refractivity contribution in [3.63, 3.8) is 0 Å². The van der Waals surface area contributed by atoms with Crippen molar-refractivity contribution in [1.82, 2.24) is 16.0 Å². The molecule has 1 fully saturated rings. The maximum atomic E-state index is 12.8. The van der Waals surface area contributed by atoms with Crippen LogP contribution < -0.4 is 16.0 Å². The summed E-state index contributed by atoms with van der Waals surface area (Å²) in [7, 11) is 0. The van der Waals surface area contributed by atoms with E-state index in [9.17, 15) is 14.4 Å². The van der Waals surface area contributed by atoms with Gasteiger partial charge >= 0.3 is 11.9 Å². The Morgan fingerprint density at radius 3 is 2.03 bits per heavy atom. The van der Waals surface area contributed by atoms with Crippen LogP contribution in [-0.2, 0) is 14.4 Å². The van der Waals surface area contributed by atoms with Gasteiger partial charge in [-0.2, -0.15) is 0 Å². The highest BCUT2D eigenvalue weighted by Gasteiger charge is 2.23. The third-order valence-electron chi connectivity index (χ3n) is 4.84.